The molecule has 0 amide bonds. The number of nitriles is 1. The van der Waals surface area contributed by atoms with Crippen LogP contribution in [0, 0.1) is 17.5 Å². The van der Waals surface area contributed by atoms with Crippen LogP contribution in [-0.2, 0) is 41.5 Å². The molecule has 2 unspecified atom stereocenters. The Labute approximate surface area is 354 Å². The molecule has 5 aromatic rings. The van der Waals surface area contributed by atoms with Crippen molar-refractivity contribution < 1.29 is 44.5 Å². The number of aliphatic carboxylic acids is 2. The van der Waals surface area contributed by atoms with Crippen molar-refractivity contribution in [3.63, 3.8) is 0 Å². The molecule has 0 spiro atoms. The fourth-order valence-electron chi connectivity index (χ4n) is 8.56. The Morgan fingerprint density at radius 1 is 0.930 bits per heavy atom. The maximum Gasteiger partial charge on any atom is 0.309 e. The van der Waals surface area contributed by atoms with Crippen molar-refractivity contribution in [1.82, 2.24) is 4.90 Å². The van der Waals surface area contributed by atoms with E-state index in [4.69, 9.17) is 5.73 Å². The number of carboxylic acids is 2. The van der Waals surface area contributed by atoms with Crippen molar-refractivity contribution in [2.45, 2.75) is 44.1 Å². The number of hydrogen-bond acceptors (Lipinski definition) is 5. The third-order valence-corrected chi connectivity index (χ3v) is 11.2. The van der Waals surface area contributed by atoms with Crippen LogP contribution in [0.2, 0.25) is 0 Å². The van der Waals surface area contributed by atoms with Gasteiger partial charge in [-0.3, -0.25) is 9.59 Å². The molecular weight excluding hydrogens is 862 g/mol. The van der Waals surface area contributed by atoms with Crippen molar-refractivity contribution in [2.75, 3.05) is 13.1 Å². The Hall–Kier alpha value is -5.59. The molecule has 0 bridgehead atoms. The molecule has 7 rings (SSSR count). The molecule has 0 saturated heterocycles. The number of nitrogens with zero attached hydrogens (tertiary/aromatic N) is 3. The standard InChI is InChI=1S/C47H41BrN4O4.Tc/c1-47(24-11-25-48)44-39-20-8-5-17-36(39)37-18-6-9-21-40(37)45(44)52(27-23-43(55)56)46(47)32(29-49)13-10-14-33(50)30-51(26-22-42(53)54)41-28-31-12-2-3-15-34(31)35-16-4-7-19-38(35)41;/h2-21,25,41H,22-24,26-28,50H2,1H3,(H,53,54)(H,55,56);/b25-11+;. The summed E-state index contributed by atoms with van der Waals surface area (Å²) in [6.45, 7) is 2.48. The second-order valence-corrected chi connectivity index (χ2v) is 14.8. The van der Waals surface area contributed by atoms with Gasteiger partial charge in [0.25, 0.3) is 0 Å². The van der Waals surface area contributed by atoms with Gasteiger partial charge >= 0.3 is 11.9 Å². The van der Waals surface area contributed by atoms with Crippen molar-refractivity contribution in [3.8, 4) is 17.2 Å². The molecule has 57 heavy (non-hydrogen) atoms. The summed E-state index contributed by atoms with van der Waals surface area (Å²) < 4.78 is 2.03. The van der Waals surface area contributed by atoms with Crippen LogP contribution >= 0.6 is 15.9 Å². The van der Waals surface area contributed by atoms with E-state index in [-0.39, 0.29) is 57.8 Å². The van der Waals surface area contributed by atoms with Crippen LogP contribution in [0.15, 0.2) is 138 Å². The average molecular weight is 904 g/mol. The maximum atomic E-state index is 12.1. The van der Waals surface area contributed by atoms with Crippen LogP contribution in [0.3, 0.4) is 0 Å². The van der Waals surface area contributed by atoms with Gasteiger partial charge < -0.3 is 20.8 Å². The predicted octanol–water partition coefficient (Wildman–Crippen LogP) is 9.47. The Morgan fingerprint density at radius 3 is 2.23 bits per heavy atom. The van der Waals surface area contributed by atoms with Crippen molar-refractivity contribution >= 4 is 60.8 Å². The summed E-state index contributed by atoms with van der Waals surface area (Å²) in [6, 6.07) is 35.0. The summed E-state index contributed by atoms with van der Waals surface area (Å²) in [5, 5.41) is 34.6. The minimum absolute atomic E-state index is 0. The number of hydrogen-bond donors (Lipinski definition) is 3. The van der Waals surface area contributed by atoms with Gasteiger partial charge in [-0.25, -0.2) is 0 Å². The number of halogens is 1. The van der Waals surface area contributed by atoms with Gasteiger partial charge in [-0.1, -0.05) is 119 Å². The molecule has 10 heteroatoms. The zero-order valence-corrected chi connectivity index (χ0v) is 34.8. The van der Waals surface area contributed by atoms with E-state index >= 15 is 0 Å². The van der Waals surface area contributed by atoms with Crippen LogP contribution in [0.5, 0.6) is 0 Å². The summed E-state index contributed by atoms with van der Waals surface area (Å²) in [6.07, 6.45) is 11.4. The normalized spacial score (nSPS) is 17.7. The van der Waals surface area contributed by atoms with Gasteiger partial charge in [-0.15, -0.1) is 11.8 Å². The fraction of sp³-hybridized carbons (Fsp3) is 0.191. The quantitative estimate of drug-likeness (QED) is 0.0268. The minimum Gasteiger partial charge on any atom is -0.481 e. The molecule has 0 aromatic heterocycles. The first-order valence-corrected chi connectivity index (χ1v) is 19.5. The Bertz CT molecular complexity index is 2590. The first-order valence-electron chi connectivity index (χ1n) is 18.6. The zero-order chi connectivity index (χ0) is 39.4. The van der Waals surface area contributed by atoms with E-state index < -0.39 is 17.4 Å². The summed E-state index contributed by atoms with van der Waals surface area (Å²) in [5.41, 5.74) is 13.7. The van der Waals surface area contributed by atoms with Gasteiger partial charge in [-0.2, -0.15) is 22.1 Å². The largest absolute Gasteiger partial charge is 0.481 e. The molecule has 1 radical (unpaired) electrons. The van der Waals surface area contributed by atoms with E-state index in [2.05, 4.69) is 83.7 Å². The van der Waals surface area contributed by atoms with Gasteiger partial charge in [0.15, 0.2) is 6.54 Å². The summed E-state index contributed by atoms with van der Waals surface area (Å²) in [5.74, 6) is -1.85. The topological polar surface area (TPSA) is 131 Å². The van der Waals surface area contributed by atoms with Crippen molar-refractivity contribution in [1.29, 1.82) is 5.26 Å². The predicted molar refractivity (Wildman–Crippen MR) is 225 cm³/mol. The molecule has 2 atom stereocenters. The molecule has 1 aliphatic heterocycles. The zero-order valence-electron chi connectivity index (χ0n) is 31.3. The van der Waals surface area contributed by atoms with Gasteiger partial charge in [0.2, 0.25) is 11.4 Å². The van der Waals surface area contributed by atoms with Crippen LogP contribution < -0.4 is 5.73 Å². The second-order valence-electron chi connectivity index (χ2n) is 14.3. The van der Waals surface area contributed by atoms with E-state index in [1.54, 1.807) is 18.2 Å². The van der Waals surface area contributed by atoms with Crippen LogP contribution in [0.4, 0.5) is 5.69 Å². The molecule has 1 aliphatic carbocycles. The van der Waals surface area contributed by atoms with Crippen molar-refractivity contribution in [3.05, 3.63) is 161 Å². The first-order chi connectivity index (χ1) is 27.2. The van der Waals surface area contributed by atoms with Gasteiger partial charge in [0, 0.05) is 38.3 Å². The van der Waals surface area contributed by atoms with Crippen LogP contribution in [0.1, 0.15) is 48.9 Å². The molecule has 287 valence electrons. The van der Waals surface area contributed by atoms with E-state index in [1.807, 2.05) is 69.1 Å². The number of fused-ring (bicyclic) bond motifs is 9. The third kappa shape index (κ3) is 8.01. The Kier molecular flexibility index (Phi) is 12.7. The molecule has 8 nitrogen and oxygen atoms in total. The van der Waals surface area contributed by atoms with Gasteiger partial charge in [0.1, 0.15) is 18.1 Å². The molecule has 1 heterocycles. The molecular formula is C47H41BrN4O4Tc. The summed E-state index contributed by atoms with van der Waals surface area (Å²) >= 11 is 3.46. The fourth-order valence-corrected chi connectivity index (χ4v) is 8.75. The van der Waals surface area contributed by atoms with Crippen LogP contribution in [-0.4, -0.2) is 50.4 Å². The number of allylic oxidation sites excluding steroid dienone is 5. The SMILES string of the molecule is CC1(C/C=C/Br)C(/C(C#N)=C/C=C/C(N)=[C-]N(CCC(=O)O)C2Cc3ccccc3-c3ccccc32)=[N+](CCC(=O)O)c2c1c1ccccc1c1ccccc21.[Tc]. The Balaban J connectivity index is 0.00000549. The van der Waals surface area contributed by atoms with E-state index in [0.717, 1.165) is 55.0 Å². The number of carboxylic acid groups (broad SMARTS) is 2. The first kappa shape index (κ1) is 41.1. The molecule has 5 aromatic carbocycles. The number of benzene rings is 5. The molecule has 4 N–H and O–H groups in total. The molecule has 0 fully saturated rings. The smallest absolute Gasteiger partial charge is 0.309 e. The van der Waals surface area contributed by atoms with Crippen LogP contribution in [0.25, 0.3) is 32.7 Å². The van der Waals surface area contributed by atoms with E-state index in [9.17, 15) is 25.1 Å². The monoisotopic (exact) mass is 901 g/mol. The van der Waals surface area contributed by atoms with E-state index in [0.29, 0.717) is 24.1 Å². The number of carbonyl (C=O) groups is 2. The van der Waals surface area contributed by atoms with Gasteiger partial charge in [0.05, 0.1) is 17.2 Å². The van der Waals surface area contributed by atoms with E-state index in [1.165, 1.54) is 0 Å². The molecule has 2 aliphatic rings. The number of rotatable bonds is 13. The maximum absolute atomic E-state index is 12.1. The van der Waals surface area contributed by atoms with Gasteiger partial charge in [-0.05, 0) is 69.2 Å². The number of nitrogens with two attached hydrogens (primary N) is 1. The van der Waals surface area contributed by atoms with Crippen molar-refractivity contribution in [2.24, 2.45) is 5.73 Å². The average Bonchev–Trinajstić information content (AvgIpc) is 3.47. The Morgan fingerprint density at radius 2 is 1.54 bits per heavy atom. The third-order valence-electron chi connectivity index (χ3n) is 10.9. The summed E-state index contributed by atoms with van der Waals surface area (Å²) in [4.78, 5) is 27.6. The second kappa shape index (κ2) is 17.7. The molecule has 0 saturated carbocycles. The minimum atomic E-state index is -0.933. The summed E-state index contributed by atoms with van der Waals surface area (Å²) in [7, 11) is 0.